The van der Waals surface area contributed by atoms with E-state index in [0.29, 0.717) is 19.5 Å². The lowest BCUT2D eigenvalue weighted by Crippen LogP contribution is -2.32. The van der Waals surface area contributed by atoms with E-state index in [2.05, 4.69) is 16.0 Å². The van der Waals surface area contributed by atoms with Crippen LogP contribution in [0.25, 0.3) is 0 Å². The molecule has 0 saturated carbocycles. The summed E-state index contributed by atoms with van der Waals surface area (Å²) >= 11 is 0. The third-order valence-electron chi connectivity index (χ3n) is 2.58. The first kappa shape index (κ1) is 16.2. The fraction of sp³-hybridized carbons (Fsp3) is 0.467. The Labute approximate surface area is 120 Å². The van der Waals surface area contributed by atoms with Gasteiger partial charge in [-0.05, 0) is 31.5 Å². The van der Waals surface area contributed by atoms with Crippen molar-refractivity contribution < 1.29 is 9.59 Å². The largest absolute Gasteiger partial charge is 0.354 e. The molecule has 5 heteroatoms. The summed E-state index contributed by atoms with van der Waals surface area (Å²) < 4.78 is 0. The van der Waals surface area contributed by atoms with Crippen molar-refractivity contribution in [1.82, 2.24) is 10.6 Å². The van der Waals surface area contributed by atoms with Crippen LogP contribution >= 0.6 is 0 Å². The normalized spacial score (nSPS) is 10.4. The van der Waals surface area contributed by atoms with Gasteiger partial charge in [-0.15, -0.1) is 0 Å². The molecule has 0 aromatic heterocycles. The molecule has 0 aliphatic heterocycles. The molecule has 0 radical (unpaired) electrons. The Morgan fingerprint density at radius 1 is 1.15 bits per heavy atom. The van der Waals surface area contributed by atoms with Crippen molar-refractivity contribution >= 4 is 17.5 Å². The molecule has 2 amide bonds. The maximum absolute atomic E-state index is 11.4. The maximum Gasteiger partial charge on any atom is 0.221 e. The minimum Gasteiger partial charge on any atom is -0.354 e. The number of benzene rings is 1. The van der Waals surface area contributed by atoms with Crippen LogP contribution in [0.1, 0.15) is 32.8 Å². The van der Waals surface area contributed by atoms with Gasteiger partial charge < -0.3 is 16.0 Å². The molecule has 5 nitrogen and oxygen atoms in total. The number of rotatable bonds is 7. The summed E-state index contributed by atoms with van der Waals surface area (Å²) in [7, 11) is 0. The Morgan fingerprint density at radius 3 is 2.35 bits per heavy atom. The van der Waals surface area contributed by atoms with Crippen LogP contribution in [0.3, 0.4) is 0 Å². The highest BCUT2D eigenvalue weighted by molar-refractivity contribution is 5.88. The first-order valence-electron chi connectivity index (χ1n) is 6.84. The van der Waals surface area contributed by atoms with E-state index in [4.69, 9.17) is 0 Å². The van der Waals surface area contributed by atoms with Crippen LogP contribution in [-0.2, 0) is 16.1 Å². The average molecular weight is 277 g/mol. The number of nitrogens with one attached hydrogen (secondary N) is 3. The van der Waals surface area contributed by atoms with E-state index in [0.717, 1.165) is 11.3 Å². The second kappa shape index (κ2) is 8.32. The third kappa shape index (κ3) is 6.89. The summed E-state index contributed by atoms with van der Waals surface area (Å²) in [4.78, 5) is 22.3. The molecule has 3 N–H and O–H groups in total. The highest BCUT2D eigenvalue weighted by Gasteiger charge is 2.02. The van der Waals surface area contributed by atoms with Crippen LogP contribution in [0.4, 0.5) is 5.69 Å². The lowest BCUT2D eigenvalue weighted by molar-refractivity contribution is -0.121. The molecule has 0 unspecified atom stereocenters. The molecule has 0 fully saturated rings. The fourth-order valence-electron chi connectivity index (χ4n) is 1.74. The number of hydrogen-bond donors (Lipinski definition) is 3. The second-order valence-electron chi connectivity index (χ2n) is 5.03. The van der Waals surface area contributed by atoms with E-state index in [1.54, 1.807) is 0 Å². The molecule has 0 heterocycles. The minimum atomic E-state index is -0.0768. The first-order valence-corrected chi connectivity index (χ1v) is 6.84. The molecular formula is C15H23N3O2. The predicted molar refractivity (Wildman–Crippen MR) is 80.3 cm³/mol. The summed E-state index contributed by atoms with van der Waals surface area (Å²) in [5, 5.41) is 8.79. The van der Waals surface area contributed by atoms with Crippen LogP contribution in [-0.4, -0.2) is 24.4 Å². The molecule has 0 atom stereocenters. The van der Waals surface area contributed by atoms with Crippen molar-refractivity contribution in [2.75, 3.05) is 11.9 Å². The Bertz CT molecular complexity index is 441. The van der Waals surface area contributed by atoms with Gasteiger partial charge in [-0.1, -0.05) is 12.1 Å². The molecule has 0 aliphatic rings. The topological polar surface area (TPSA) is 70.2 Å². The lowest BCUT2D eigenvalue weighted by Gasteiger charge is -2.09. The van der Waals surface area contributed by atoms with Crippen LogP contribution in [0.5, 0.6) is 0 Å². The highest BCUT2D eigenvalue weighted by Crippen LogP contribution is 2.09. The van der Waals surface area contributed by atoms with Gasteiger partial charge in [0, 0.05) is 38.2 Å². The van der Waals surface area contributed by atoms with Crippen LogP contribution in [0.15, 0.2) is 24.3 Å². The van der Waals surface area contributed by atoms with Crippen molar-refractivity contribution in [1.29, 1.82) is 0 Å². The highest BCUT2D eigenvalue weighted by atomic mass is 16.2. The van der Waals surface area contributed by atoms with E-state index in [9.17, 15) is 9.59 Å². The maximum atomic E-state index is 11.4. The quantitative estimate of drug-likeness (QED) is 0.664. The van der Waals surface area contributed by atoms with Gasteiger partial charge in [0.2, 0.25) is 11.8 Å². The Hall–Kier alpha value is -1.88. The number of hydrogen-bond acceptors (Lipinski definition) is 3. The summed E-state index contributed by atoms with van der Waals surface area (Å²) in [5.41, 5.74) is 1.90. The standard InChI is InChI=1S/C15H23N3O2/c1-11(2)17-15(20)8-9-16-10-13-4-6-14(7-5-13)18-12(3)19/h4-7,11,16H,8-10H2,1-3H3,(H,17,20)(H,18,19). The Balaban J connectivity index is 2.25. The van der Waals surface area contributed by atoms with Crippen molar-refractivity contribution in [3.8, 4) is 0 Å². The zero-order valence-electron chi connectivity index (χ0n) is 12.3. The monoisotopic (exact) mass is 277 g/mol. The van der Waals surface area contributed by atoms with Crippen LogP contribution in [0.2, 0.25) is 0 Å². The minimum absolute atomic E-state index is 0.0634. The first-order chi connectivity index (χ1) is 9.47. The van der Waals surface area contributed by atoms with Crippen molar-refractivity contribution in [2.45, 2.75) is 39.8 Å². The molecule has 1 aromatic carbocycles. The van der Waals surface area contributed by atoms with Crippen LogP contribution < -0.4 is 16.0 Å². The third-order valence-corrected chi connectivity index (χ3v) is 2.58. The molecule has 1 rings (SSSR count). The lowest BCUT2D eigenvalue weighted by atomic mass is 10.2. The number of anilines is 1. The van der Waals surface area contributed by atoms with Gasteiger partial charge in [0.25, 0.3) is 0 Å². The fourth-order valence-corrected chi connectivity index (χ4v) is 1.74. The van der Waals surface area contributed by atoms with E-state index in [1.165, 1.54) is 6.92 Å². The van der Waals surface area contributed by atoms with Crippen molar-refractivity contribution in [3.05, 3.63) is 29.8 Å². The molecule has 110 valence electrons. The zero-order chi connectivity index (χ0) is 15.0. The summed E-state index contributed by atoms with van der Waals surface area (Å²) in [5.74, 6) is -0.0134. The molecule has 0 spiro atoms. The van der Waals surface area contributed by atoms with Gasteiger partial charge >= 0.3 is 0 Å². The SMILES string of the molecule is CC(=O)Nc1ccc(CNCCC(=O)NC(C)C)cc1. The molecular weight excluding hydrogens is 254 g/mol. The van der Waals surface area contributed by atoms with Gasteiger partial charge in [0.1, 0.15) is 0 Å². The van der Waals surface area contributed by atoms with Gasteiger partial charge in [0.05, 0.1) is 0 Å². The van der Waals surface area contributed by atoms with E-state index < -0.39 is 0 Å². The summed E-state index contributed by atoms with van der Waals surface area (Å²) in [6.07, 6.45) is 0.474. The van der Waals surface area contributed by atoms with Crippen molar-refractivity contribution in [3.63, 3.8) is 0 Å². The number of carbonyl (C=O) groups is 2. The number of amides is 2. The summed E-state index contributed by atoms with van der Waals surface area (Å²) in [6.45, 7) is 6.73. The molecule has 1 aromatic rings. The molecule has 0 saturated heterocycles. The predicted octanol–water partition coefficient (Wildman–Crippen LogP) is 1.65. The van der Waals surface area contributed by atoms with E-state index >= 15 is 0 Å². The van der Waals surface area contributed by atoms with Gasteiger partial charge in [-0.2, -0.15) is 0 Å². The van der Waals surface area contributed by atoms with E-state index in [-0.39, 0.29) is 17.9 Å². The van der Waals surface area contributed by atoms with Gasteiger partial charge in [-0.25, -0.2) is 0 Å². The molecule has 0 aliphatic carbocycles. The summed E-state index contributed by atoms with van der Waals surface area (Å²) in [6, 6.07) is 7.82. The Kier molecular flexibility index (Phi) is 6.73. The average Bonchev–Trinajstić information content (AvgIpc) is 2.35. The van der Waals surface area contributed by atoms with Crippen molar-refractivity contribution in [2.24, 2.45) is 0 Å². The Morgan fingerprint density at radius 2 is 1.80 bits per heavy atom. The van der Waals surface area contributed by atoms with Crippen LogP contribution in [0, 0.1) is 0 Å². The smallest absolute Gasteiger partial charge is 0.221 e. The van der Waals surface area contributed by atoms with Gasteiger partial charge in [-0.3, -0.25) is 9.59 Å². The molecule has 20 heavy (non-hydrogen) atoms. The zero-order valence-corrected chi connectivity index (χ0v) is 12.3. The van der Waals surface area contributed by atoms with E-state index in [1.807, 2.05) is 38.1 Å². The number of carbonyl (C=O) groups excluding carboxylic acids is 2. The van der Waals surface area contributed by atoms with Gasteiger partial charge in [0.15, 0.2) is 0 Å². The second-order valence-corrected chi connectivity index (χ2v) is 5.03. The molecule has 0 bridgehead atoms.